The van der Waals surface area contributed by atoms with Gasteiger partial charge in [-0.15, -0.1) is 10.2 Å². The molecule has 0 atom stereocenters. The first kappa shape index (κ1) is 17.3. The standard InChI is InChI=1S/C18H25N7S/c1-26-18-19-8-7-15(20-18)24-11-13-25(14-12-24)17-6-5-16(21-22-17)23-9-3-2-4-10-23/h5-8H,2-4,9-14H2,1H3. The lowest BCUT2D eigenvalue weighted by Crippen LogP contribution is -2.47. The molecule has 0 spiro atoms. The van der Waals surface area contributed by atoms with Gasteiger partial charge in [0.1, 0.15) is 5.82 Å². The SMILES string of the molecule is CSc1nccc(N2CCN(c3ccc(N4CCCCC4)nn3)CC2)n1. The van der Waals surface area contributed by atoms with Crippen LogP contribution < -0.4 is 14.7 Å². The van der Waals surface area contributed by atoms with E-state index in [4.69, 9.17) is 0 Å². The molecular formula is C18H25N7S. The molecule has 7 nitrogen and oxygen atoms in total. The summed E-state index contributed by atoms with van der Waals surface area (Å²) in [5.74, 6) is 2.99. The first-order valence-corrected chi connectivity index (χ1v) is 10.5. The molecule has 0 unspecified atom stereocenters. The molecule has 0 saturated carbocycles. The second-order valence-corrected chi connectivity index (χ2v) is 7.45. The molecule has 2 aliphatic rings. The van der Waals surface area contributed by atoms with Crippen molar-refractivity contribution in [3.63, 3.8) is 0 Å². The van der Waals surface area contributed by atoms with Crippen LogP contribution in [0, 0.1) is 0 Å². The molecule has 2 aromatic rings. The molecule has 0 aromatic carbocycles. The van der Waals surface area contributed by atoms with Gasteiger partial charge >= 0.3 is 0 Å². The summed E-state index contributed by atoms with van der Waals surface area (Å²) >= 11 is 1.58. The Morgan fingerprint density at radius 3 is 1.88 bits per heavy atom. The van der Waals surface area contributed by atoms with Crippen molar-refractivity contribution in [2.45, 2.75) is 24.4 Å². The van der Waals surface area contributed by atoms with Crippen molar-refractivity contribution in [1.29, 1.82) is 0 Å². The maximum Gasteiger partial charge on any atom is 0.189 e. The Hall–Kier alpha value is -2.09. The lowest BCUT2D eigenvalue weighted by atomic mass is 10.1. The molecule has 4 rings (SSSR count). The van der Waals surface area contributed by atoms with E-state index < -0.39 is 0 Å². The summed E-state index contributed by atoms with van der Waals surface area (Å²) in [6.45, 7) is 5.92. The van der Waals surface area contributed by atoms with E-state index in [-0.39, 0.29) is 0 Å². The van der Waals surface area contributed by atoms with E-state index in [9.17, 15) is 0 Å². The van der Waals surface area contributed by atoms with E-state index >= 15 is 0 Å². The zero-order valence-electron chi connectivity index (χ0n) is 15.2. The first-order chi connectivity index (χ1) is 12.8. The van der Waals surface area contributed by atoms with Gasteiger partial charge in [0.25, 0.3) is 0 Å². The average molecular weight is 372 g/mol. The van der Waals surface area contributed by atoms with Gasteiger partial charge in [-0.2, -0.15) is 0 Å². The Bertz CT molecular complexity index is 710. The summed E-state index contributed by atoms with van der Waals surface area (Å²) in [6, 6.07) is 6.22. The minimum absolute atomic E-state index is 0.823. The van der Waals surface area contributed by atoms with Crippen LogP contribution in [0.15, 0.2) is 29.6 Å². The minimum Gasteiger partial charge on any atom is -0.355 e. The van der Waals surface area contributed by atoms with Crippen molar-refractivity contribution in [1.82, 2.24) is 20.2 Å². The average Bonchev–Trinajstić information content (AvgIpc) is 2.75. The van der Waals surface area contributed by atoms with Crippen molar-refractivity contribution in [2.75, 3.05) is 60.2 Å². The third-order valence-electron chi connectivity index (χ3n) is 5.05. The number of hydrogen-bond donors (Lipinski definition) is 0. The van der Waals surface area contributed by atoms with E-state index in [1.165, 1.54) is 19.3 Å². The zero-order chi connectivity index (χ0) is 17.8. The van der Waals surface area contributed by atoms with Gasteiger partial charge in [-0.1, -0.05) is 11.8 Å². The van der Waals surface area contributed by atoms with Crippen LogP contribution in [-0.2, 0) is 0 Å². The smallest absolute Gasteiger partial charge is 0.189 e. The number of aromatic nitrogens is 4. The number of nitrogens with zero attached hydrogens (tertiary/aromatic N) is 7. The monoisotopic (exact) mass is 371 g/mol. The Kier molecular flexibility index (Phi) is 5.38. The Morgan fingerprint density at radius 2 is 1.31 bits per heavy atom. The Labute approximate surface area is 158 Å². The Morgan fingerprint density at radius 1 is 0.731 bits per heavy atom. The van der Waals surface area contributed by atoms with Gasteiger partial charge < -0.3 is 14.7 Å². The Balaban J connectivity index is 1.36. The molecule has 2 aliphatic heterocycles. The summed E-state index contributed by atoms with van der Waals surface area (Å²) in [7, 11) is 0. The molecule has 0 N–H and O–H groups in total. The van der Waals surface area contributed by atoms with E-state index in [1.807, 2.05) is 18.5 Å². The number of rotatable bonds is 4. The van der Waals surface area contributed by atoms with Gasteiger partial charge in [0.2, 0.25) is 0 Å². The normalized spacial score (nSPS) is 18.3. The summed E-state index contributed by atoms with van der Waals surface area (Å²) in [5, 5.41) is 9.79. The number of piperidine rings is 1. The fraction of sp³-hybridized carbons (Fsp3) is 0.556. The highest BCUT2D eigenvalue weighted by Crippen LogP contribution is 2.21. The maximum absolute atomic E-state index is 4.60. The molecule has 0 bridgehead atoms. The number of thioether (sulfide) groups is 1. The topological polar surface area (TPSA) is 61.3 Å². The summed E-state index contributed by atoms with van der Waals surface area (Å²) in [5.41, 5.74) is 0. The van der Waals surface area contributed by atoms with Crippen LogP contribution in [0.25, 0.3) is 0 Å². The van der Waals surface area contributed by atoms with Crippen LogP contribution in [0.4, 0.5) is 17.5 Å². The largest absolute Gasteiger partial charge is 0.355 e. The third-order valence-corrected chi connectivity index (χ3v) is 5.61. The predicted octanol–water partition coefficient (Wildman–Crippen LogP) is 2.31. The van der Waals surface area contributed by atoms with Gasteiger partial charge in [-0.3, -0.25) is 0 Å². The molecule has 0 aliphatic carbocycles. The summed E-state index contributed by atoms with van der Waals surface area (Å²) < 4.78 is 0. The molecular weight excluding hydrogens is 346 g/mol. The lowest BCUT2D eigenvalue weighted by Gasteiger charge is -2.36. The van der Waals surface area contributed by atoms with Gasteiger partial charge in [0.05, 0.1) is 0 Å². The van der Waals surface area contributed by atoms with E-state index in [2.05, 4.69) is 47.0 Å². The molecule has 26 heavy (non-hydrogen) atoms. The highest BCUT2D eigenvalue weighted by molar-refractivity contribution is 7.98. The second-order valence-electron chi connectivity index (χ2n) is 6.67. The fourth-order valence-electron chi connectivity index (χ4n) is 3.55. The number of piperazine rings is 1. The number of anilines is 3. The highest BCUT2D eigenvalue weighted by atomic mass is 32.2. The lowest BCUT2D eigenvalue weighted by molar-refractivity contribution is 0.570. The van der Waals surface area contributed by atoms with E-state index in [0.717, 1.165) is 61.9 Å². The van der Waals surface area contributed by atoms with Crippen molar-refractivity contribution in [3.05, 3.63) is 24.4 Å². The maximum atomic E-state index is 4.60. The van der Waals surface area contributed by atoms with Crippen LogP contribution >= 0.6 is 11.8 Å². The van der Waals surface area contributed by atoms with Crippen molar-refractivity contribution >= 4 is 29.2 Å². The zero-order valence-corrected chi connectivity index (χ0v) is 16.0. The highest BCUT2D eigenvalue weighted by Gasteiger charge is 2.20. The fourth-order valence-corrected chi connectivity index (χ4v) is 3.90. The van der Waals surface area contributed by atoms with Crippen LogP contribution in [0.3, 0.4) is 0 Å². The van der Waals surface area contributed by atoms with Crippen LogP contribution in [0.1, 0.15) is 19.3 Å². The predicted molar refractivity (Wildman–Crippen MR) is 106 cm³/mol. The van der Waals surface area contributed by atoms with Crippen LogP contribution in [-0.4, -0.2) is 65.7 Å². The number of hydrogen-bond acceptors (Lipinski definition) is 8. The van der Waals surface area contributed by atoms with Crippen molar-refractivity contribution in [2.24, 2.45) is 0 Å². The second kappa shape index (κ2) is 8.07. The summed E-state index contributed by atoms with van der Waals surface area (Å²) in [6.07, 6.45) is 7.69. The van der Waals surface area contributed by atoms with Crippen LogP contribution in [0.5, 0.6) is 0 Å². The molecule has 4 heterocycles. The van der Waals surface area contributed by atoms with Gasteiger partial charge in [-0.25, -0.2) is 9.97 Å². The van der Waals surface area contributed by atoms with Gasteiger partial charge in [0.15, 0.2) is 16.8 Å². The van der Waals surface area contributed by atoms with E-state index in [0.29, 0.717) is 0 Å². The molecule has 8 heteroatoms. The molecule has 138 valence electrons. The van der Waals surface area contributed by atoms with Gasteiger partial charge in [-0.05, 0) is 43.7 Å². The molecule has 2 fully saturated rings. The molecule has 0 amide bonds. The molecule has 0 radical (unpaired) electrons. The van der Waals surface area contributed by atoms with Crippen molar-refractivity contribution < 1.29 is 0 Å². The quantitative estimate of drug-likeness (QED) is 0.599. The third kappa shape index (κ3) is 3.85. The van der Waals surface area contributed by atoms with E-state index in [1.54, 1.807) is 11.8 Å². The van der Waals surface area contributed by atoms with Crippen molar-refractivity contribution in [3.8, 4) is 0 Å². The first-order valence-electron chi connectivity index (χ1n) is 9.29. The molecule has 2 saturated heterocycles. The van der Waals surface area contributed by atoms with Crippen LogP contribution in [0.2, 0.25) is 0 Å². The van der Waals surface area contributed by atoms with Gasteiger partial charge in [0, 0.05) is 45.5 Å². The summed E-state index contributed by atoms with van der Waals surface area (Å²) in [4.78, 5) is 15.8. The molecule has 2 aromatic heterocycles. The minimum atomic E-state index is 0.823.